The Morgan fingerprint density at radius 2 is 2.27 bits per heavy atom. The van der Waals surface area contributed by atoms with Crippen LogP contribution < -0.4 is 0 Å². The van der Waals surface area contributed by atoms with E-state index < -0.39 is 0 Å². The molecule has 0 aromatic heterocycles. The zero-order valence-corrected chi connectivity index (χ0v) is 7.18. The van der Waals surface area contributed by atoms with Crippen LogP contribution in [0.2, 0.25) is 0 Å². The minimum atomic E-state index is 0.408. The first-order valence-electron chi connectivity index (χ1n) is 4.40. The van der Waals surface area contributed by atoms with Gasteiger partial charge in [-0.1, -0.05) is 13.8 Å². The maximum atomic E-state index is 10.5. The maximum absolute atomic E-state index is 10.5. The van der Waals surface area contributed by atoms with Gasteiger partial charge in [-0.3, -0.25) is 0 Å². The molecular weight excluding hydrogens is 136 g/mol. The Balaban J connectivity index is 2.29. The Hall–Kier alpha value is -0.550. The minimum Gasteiger partial charge on any atom is -0.234 e. The Morgan fingerprint density at radius 1 is 1.55 bits per heavy atom. The Bertz CT molecular complexity index is 231. The lowest BCUT2D eigenvalue weighted by Crippen LogP contribution is -2.49. The molecule has 0 amide bonds. The van der Waals surface area contributed by atoms with Crippen molar-refractivity contribution in [3.05, 3.63) is 5.57 Å². The van der Waals surface area contributed by atoms with Crippen LogP contribution >= 0.6 is 0 Å². The molecule has 11 heavy (non-hydrogen) atoms. The van der Waals surface area contributed by atoms with Gasteiger partial charge in [0, 0.05) is 5.57 Å². The van der Waals surface area contributed by atoms with Crippen LogP contribution in [-0.4, -0.2) is 5.94 Å². The highest BCUT2D eigenvalue weighted by Gasteiger charge is 2.52. The normalized spacial score (nSPS) is 39.3. The van der Waals surface area contributed by atoms with Gasteiger partial charge >= 0.3 is 0 Å². The van der Waals surface area contributed by atoms with Crippen LogP contribution in [0.4, 0.5) is 0 Å². The van der Waals surface area contributed by atoms with Crippen molar-refractivity contribution in [2.45, 2.75) is 33.1 Å². The van der Waals surface area contributed by atoms with E-state index in [0.717, 1.165) is 17.9 Å². The average Bonchev–Trinajstić information content (AvgIpc) is 2.04. The summed E-state index contributed by atoms with van der Waals surface area (Å²) in [6, 6.07) is 0. The highest BCUT2D eigenvalue weighted by Crippen LogP contribution is 2.60. The standard InChI is InChI=1S/C10H14O/c1-10(2)8-4-3-7(6-11)9(10)5-8/h8-9H,3-5H2,1-2H3. The first-order valence-corrected chi connectivity index (χ1v) is 4.40. The quantitative estimate of drug-likeness (QED) is 0.484. The largest absolute Gasteiger partial charge is 0.234 e. The number of hydrogen-bond acceptors (Lipinski definition) is 1. The molecule has 0 heterocycles. The smallest absolute Gasteiger partial charge is 0.123 e. The first-order chi connectivity index (χ1) is 5.16. The van der Waals surface area contributed by atoms with Crippen LogP contribution in [0.5, 0.6) is 0 Å². The molecule has 2 atom stereocenters. The number of allylic oxidation sites excluding steroid dienone is 1. The molecule has 3 aliphatic carbocycles. The molecule has 2 bridgehead atoms. The summed E-state index contributed by atoms with van der Waals surface area (Å²) in [5.74, 6) is 3.56. The van der Waals surface area contributed by atoms with Gasteiger partial charge in [-0.05, 0) is 36.5 Å². The van der Waals surface area contributed by atoms with Crippen molar-refractivity contribution in [1.82, 2.24) is 0 Å². The van der Waals surface area contributed by atoms with Crippen LogP contribution in [0, 0.1) is 17.3 Å². The van der Waals surface area contributed by atoms with Gasteiger partial charge in [-0.25, -0.2) is 4.79 Å². The minimum absolute atomic E-state index is 0.408. The second kappa shape index (κ2) is 1.98. The summed E-state index contributed by atoms with van der Waals surface area (Å²) >= 11 is 0. The molecule has 0 aromatic rings. The third-order valence-corrected chi connectivity index (χ3v) is 3.78. The van der Waals surface area contributed by atoms with Gasteiger partial charge in [0.25, 0.3) is 0 Å². The van der Waals surface area contributed by atoms with E-state index in [1.807, 2.05) is 0 Å². The topological polar surface area (TPSA) is 17.1 Å². The lowest BCUT2D eigenvalue weighted by atomic mass is 9.47. The predicted octanol–water partition coefficient (Wildman–Crippen LogP) is 2.20. The third kappa shape index (κ3) is 0.750. The summed E-state index contributed by atoms with van der Waals surface area (Å²) in [7, 11) is 0. The van der Waals surface area contributed by atoms with Crippen LogP contribution in [0.1, 0.15) is 33.1 Å². The molecule has 0 spiro atoms. The van der Waals surface area contributed by atoms with E-state index in [1.54, 1.807) is 0 Å². The second-order valence-electron chi connectivity index (χ2n) is 4.47. The van der Waals surface area contributed by atoms with E-state index in [4.69, 9.17) is 0 Å². The van der Waals surface area contributed by atoms with E-state index in [9.17, 15) is 4.79 Å². The molecule has 0 saturated heterocycles. The van der Waals surface area contributed by atoms with Crippen LogP contribution in [0.15, 0.2) is 5.57 Å². The van der Waals surface area contributed by atoms with Gasteiger partial charge in [0.1, 0.15) is 5.94 Å². The molecule has 2 unspecified atom stereocenters. The molecular formula is C10H14O. The summed E-state index contributed by atoms with van der Waals surface area (Å²) < 4.78 is 0. The molecule has 60 valence electrons. The van der Waals surface area contributed by atoms with Gasteiger partial charge < -0.3 is 0 Å². The average molecular weight is 150 g/mol. The fraction of sp³-hybridized carbons (Fsp3) is 0.800. The van der Waals surface area contributed by atoms with Crippen LogP contribution in [0.3, 0.4) is 0 Å². The Morgan fingerprint density at radius 3 is 2.64 bits per heavy atom. The molecule has 1 nitrogen and oxygen atoms in total. The van der Waals surface area contributed by atoms with Crippen LogP contribution in [-0.2, 0) is 4.79 Å². The van der Waals surface area contributed by atoms with Gasteiger partial charge in [-0.15, -0.1) is 0 Å². The number of rotatable bonds is 0. The van der Waals surface area contributed by atoms with Gasteiger partial charge in [0.15, 0.2) is 0 Å². The van der Waals surface area contributed by atoms with Crippen molar-refractivity contribution in [2.75, 3.05) is 0 Å². The zero-order valence-electron chi connectivity index (χ0n) is 7.18. The van der Waals surface area contributed by atoms with E-state index in [1.165, 1.54) is 12.8 Å². The van der Waals surface area contributed by atoms with Crippen LogP contribution in [0.25, 0.3) is 0 Å². The fourth-order valence-corrected chi connectivity index (χ4v) is 2.72. The van der Waals surface area contributed by atoms with Crippen molar-refractivity contribution < 1.29 is 4.79 Å². The van der Waals surface area contributed by atoms with Crippen molar-refractivity contribution in [3.8, 4) is 0 Å². The lowest BCUT2D eigenvalue weighted by Gasteiger charge is -2.56. The molecule has 3 aliphatic rings. The first kappa shape index (κ1) is 7.12. The van der Waals surface area contributed by atoms with Gasteiger partial charge in [-0.2, -0.15) is 0 Å². The third-order valence-electron chi connectivity index (χ3n) is 3.78. The molecule has 1 heteroatoms. The SMILES string of the molecule is CC1(C)C2CCC(=C=O)C1C2. The number of hydrogen-bond donors (Lipinski definition) is 0. The van der Waals surface area contributed by atoms with Crippen molar-refractivity contribution in [2.24, 2.45) is 17.3 Å². The Labute approximate surface area is 67.5 Å². The number of carbonyl (C=O) groups excluding carboxylic acids is 1. The molecule has 3 fully saturated rings. The summed E-state index contributed by atoms with van der Waals surface area (Å²) in [6.07, 6.45) is 3.48. The summed E-state index contributed by atoms with van der Waals surface area (Å²) in [5.41, 5.74) is 1.46. The molecule has 0 aliphatic heterocycles. The highest BCUT2D eigenvalue weighted by atomic mass is 16.1. The summed E-state index contributed by atoms with van der Waals surface area (Å²) in [6.45, 7) is 4.56. The lowest BCUT2D eigenvalue weighted by molar-refractivity contribution is -0.0265. The molecule has 0 N–H and O–H groups in total. The predicted molar refractivity (Wildman–Crippen MR) is 43.8 cm³/mol. The second-order valence-corrected chi connectivity index (χ2v) is 4.47. The molecule has 3 saturated carbocycles. The summed E-state index contributed by atoms with van der Waals surface area (Å²) in [5, 5.41) is 0. The molecule has 0 radical (unpaired) electrons. The summed E-state index contributed by atoms with van der Waals surface area (Å²) in [4.78, 5) is 10.5. The van der Waals surface area contributed by atoms with Crippen molar-refractivity contribution in [3.63, 3.8) is 0 Å². The monoisotopic (exact) mass is 150 g/mol. The van der Waals surface area contributed by atoms with Gasteiger partial charge in [0.2, 0.25) is 0 Å². The maximum Gasteiger partial charge on any atom is 0.123 e. The van der Waals surface area contributed by atoms with E-state index >= 15 is 0 Å². The van der Waals surface area contributed by atoms with E-state index in [0.29, 0.717) is 11.3 Å². The van der Waals surface area contributed by atoms with E-state index in [2.05, 4.69) is 19.8 Å². The van der Waals surface area contributed by atoms with Crippen molar-refractivity contribution in [1.29, 1.82) is 0 Å². The molecule has 3 rings (SSSR count). The van der Waals surface area contributed by atoms with Crippen molar-refractivity contribution >= 4 is 5.94 Å². The van der Waals surface area contributed by atoms with Gasteiger partial charge in [0.05, 0.1) is 0 Å². The highest BCUT2D eigenvalue weighted by molar-refractivity contribution is 5.55. The number of fused-ring (bicyclic) bond motifs is 2. The Kier molecular flexibility index (Phi) is 1.28. The zero-order chi connectivity index (χ0) is 8.06. The van der Waals surface area contributed by atoms with E-state index in [-0.39, 0.29) is 0 Å². The fourth-order valence-electron chi connectivity index (χ4n) is 2.72. The molecule has 0 aromatic carbocycles.